The van der Waals surface area contributed by atoms with Gasteiger partial charge in [-0.2, -0.15) is 0 Å². The van der Waals surface area contributed by atoms with Crippen LogP contribution in [0, 0.1) is 11.6 Å². The lowest BCUT2D eigenvalue weighted by Gasteiger charge is -2.19. The van der Waals surface area contributed by atoms with Crippen LogP contribution >= 0.6 is 0 Å². The molecule has 0 saturated heterocycles. The SMILES string of the molecule is C[Si](C)(C)c1c(F)ccc(-c2ccccn2)c1F. The molecule has 0 aliphatic heterocycles. The van der Waals surface area contributed by atoms with Crippen molar-refractivity contribution < 1.29 is 8.78 Å². The van der Waals surface area contributed by atoms with Gasteiger partial charge in [-0.1, -0.05) is 25.7 Å². The normalized spacial score (nSPS) is 11.6. The van der Waals surface area contributed by atoms with Crippen molar-refractivity contribution in [3.05, 3.63) is 48.2 Å². The minimum atomic E-state index is -2.06. The van der Waals surface area contributed by atoms with Gasteiger partial charge in [-0.05, 0) is 24.3 Å². The van der Waals surface area contributed by atoms with E-state index in [4.69, 9.17) is 0 Å². The van der Waals surface area contributed by atoms with Crippen molar-refractivity contribution in [2.75, 3.05) is 0 Å². The van der Waals surface area contributed by atoms with E-state index < -0.39 is 19.7 Å². The fraction of sp³-hybridized carbons (Fsp3) is 0.214. The summed E-state index contributed by atoms with van der Waals surface area (Å²) in [5.74, 6) is -0.917. The van der Waals surface area contributed by atoms with Gasteiger partial charge in [0.2, 0.25) is 0 Å². The van der Waals surface area contributed by atoms with Gasteiger partial charge in [-0.15, -0.1) is 0 Å². The second-order valence-corrected chi connectivity index (χ2v) is 10.2. The third-order valence-corrected chi connectivity index (χ3v) is 4.74. The number of pyridine rings is 1. The third-order valence-electron chi connectivity index (χ3n) is 2.78. The molecule has 0 aliphatic rings. The molecule has 0 atom stereocenters. The van der Waals surface area contributed by atoms with E-state index in [2.05, 4.69) is 4.98 Å². The molecule has 0 N–H and O–H groups in total. The molecule has 4 heteroatoms. The number of benzene rings is 1. The summed E-state index contributed by atoms with van der Waals surface area (Å²) < 4.78 is 28.3. The second kappa shape index (κ2) is 4.61. The molecule has 2 rings (SSSR count). The van der Waals surface area contributed by atoms with Crippen molar-refractivity contribution >= 4 is 13.3 Å². The summed E-state index contributed by atoms with van der Waals surface area (Å²) in [5, 5.41) is 0.241. The number of hydrogen-bond donors (Lipinski definition) is 0. The molecule has 0 fully saturated rings. The molecule has 0 saturated carbocycles. The van der Waals surface area contributed by atoms with Crippen LogP contribution in [0.2, 0.25) is 19.6 Å². The van der Waals surface area contributed by atoms with E-state index in [0.717, 1.165) is 0 Å². The van der Waals surface area contributed by atoms with Crippen molar-refractivity contribution in [3.8, 4) is 11.3 Å². The van der Waals surface area contributed by atoms with Gasteiger partial charge in [0.15, 0.2) is 0 Å². The Morgan fingerprint density at radius 3 is 2.28 bits per heavy atom. The molecule has 94 valence electrons. The van der Waals surface area contributed by atoms with Crippen molar-refractivity contribution in [2.24, 2.45) is 0 Å². The molecule has 0 spiro atoms. The molecule has 0 radical (unpaired) electrons. The predicted octanol–water partition coefficient (Wildman–Crippen LogP) is 3.57. The van der Waals surface area contributed by atoms with Gasteiger partial charge in [0.1, 0.15) is 11.6 Å². The Morgan fingerprint density at radius 1 is 1.00 bits per heavy atom. The Bertz CT molecular complexity index is 562. The molecular formula is C14H15F2NSi. The summed E-state index contributed by atoms with van der Waals surface area (Å²) in [6, 6.07) is 8.07. The summed E-state index contributed by atoms with van der Waals surface area (Å²) in [4.78, 5) is 4.12. The number of halogens is 2. The first-order valence-electron chi connectivity index (χ1n) is 5.81. The minimum absolute atomic E-state index is 0.241. The van der Waals surface area contributed by atoms with Crippen LogP contribution in [0.25, 0.3) is 11.3 Å². The van der Waals surface area contributed by atoms with Crippen molar-refractivity contribution in [3.63, 3.8) is 0 Å². The molecule has 0 unspecified atom stereocenters. The van der Waals surface area contributed by atoms with Crippen LogP contribution in [0.3, 0.4) is 0 Å². The second-order valence-electron chi connectivity index (χ2n) is 5.25. The first-order chi connectivity index (χ1) is 8.41. The zero-order valence-corrected chi connectivity index (χ0v) is 11.7. The molecule has 1 aromatic heterocycles. The van der Waals surface area contributed by atoms with E-state index in [9.17, 15) is 8.78 Å². The number of nitrogens with zero attached hydrogens (tertiary/aromatic N) is 1. The monoisotopic (exact) mass is 263 g/mol. The topological polar surface area (TPSA) is 12.9 Å². The smallest absolute Gasteiger partial charge is 0.134 e. The molecule has 1 heterocycles. The summed E-state index contributed by atoms with van der Waals surface area (Å²) in [6.45, 7) is 5.78. The lowest BCUT2D eigenvalue weighted by Crippen LogP contribution is -2.42. The van der Waals surface area contributed by atoms with Gasteiger partial charge in [-0.3, -0.25) is 4.98 Å². The Kier molecular flexibility index (Phi) is 3.30. The summed E-state index contributed by atoms with van der Waals surface area (Å²) >= 11 is 0. The Morgan fingerprint density at radius 2 is 1.72 bits per heavy atom. The summed E-state index contributed by atoms with van der Waals surface area (Å²) in [5.41, 5.74) is 0.906. The maximum atomic E-state index is 14.5. The lowest BCUT2D eigenvalue weighted by atomic mass is 10.1. The van der Waals surface area contributed by atoms with Gasteiger partial charge < -0.3 is 0 Å². The Labute approximate surface area is 107 Å². The molecule has 2 aromatic rings. The maximum Gasteiger partial charge on any atom is 0.134 e. The van der Waals surface area contributed by atoms with E-state index >= 15 is 0 Å². The summed E-state index contributed by atoms with van der Waals surface area (Å²) in [6.07, 6.45) is 1.60. The van der Waals surface area contributed by atoms with Crippen molar-refractivity contribution in [1.29, 1.82) is 0 Å². The largest absolute Gasteiger partial charge is 0.256 e. The van der Waals surface area contributed by atoms with Crippen molar-refractivity contribution in [2.45, 2.75) is 19.6 Å². The zero-order chi connectivity index (χ0) is 13.3. The molecular weight excluding hydrogens is 248 g/mol. The number of aromatic nitrogens is 1. The van der Waals surface area contributed by atoms with E-state index in [1.54, 1.807) is 24.4 Å². The van der Waals surface area contributed by atoms with Gasteiger partial charge in [0.25, 0.3) is 0 Å². The number of rotatable bonds is 2. The molecule has 1 nitrogen and oxygen atoms in total. The average molecular weight is 263 g/mol. The first kappa shape index (κ1) is 12.9. The van der Waals surface area contributed by atoms with Crippen molar-refractivity contribution in [1.82, 2.24) is 4.98 Å². The first-order valence-corrected chi connectivity index (χ1v) is 9.31. The average Bonchev–Trinajstić information content (AvgIpc) is 2.28. The van der Waals surface area contributed by atoms with Crippen LogP contribution in [0.4, 0.5) is 8.78 Å². The van der Waals surface area contributed by atoms with E-state index in [1.165, 1.54) is 12.1 Å². The minimum Gasteiger partial charge on any atom is -0.256 e. The Hall–Kier alpha value is -1.55. The quantitative estimate of drug-likeness (QED) is 0.755. The van der Waals surface area contributed by atoms with Gasteiger partial charge in [-0.25, -0.2) is 8.78 Å². The fourth-order valence-corrected chi connectivity index (χ4v) is 3.55. The highest BCUT2D eigenvalue weighted by molar-refractivity contribution is 6.88. The molecule has 0 aliphatic carbocycles. The van der Waals surface area contributed by atoms with Crippen LogP contribution in [-0.4, -0.2) is 13.1 Å². The molecule has 0 amide bonds. The molecule has 0 bridgehead atoms. The van der Waals surface area contributed by atoms with E-state index in [1.807, 2.05) is 19.6 Å². The van der Waals surface area contributed by atoms with Gasteiger partial charge in [0, 0.05) is 16.9 Å². The maximum absolute atomic E-state index is 14.5. The van der Waals surface area contributed by atoms with Gasteiger partial charge in [0.05, 0.1) is 13.8 Å². The molecule has 1 aromatic carbocycles. The fourth-order valence-electron chi connectivity index (χ4n) is 1.96. The van der Waals surface area contributed by atoms with Crippen LogP contribution in [0.1, 0.15) is 0 Å². The Balaban J connectivity index is 2.66. The highest BCUT2D eigenvalue weighted by Gasteiger charge is 2.27. The predicted molar refractivity (Wildman–Crippen MR) is 72.6 cm³/mol. The lowest BCUT2D eigenvalue weighted by molar-refractivity contribution is 0.598. The van der Waals surface area contributed by atoms with E-state index in [0.29, 0.717) is 11.3 Å². The van der Waals surface area contributed by atoms with Crippen LogP contribution in [0.15, 0.2) is 36.5 Å². The highest BCUT2D eigenvalue weighted by atomic mass is 28.3. The van der Waals surface area contributed by atoms with Crippen LogP contribution in [0.5, 0.6) is 0 Å². The zero-order valence-electron chi connectivity index (χ0n) is 10.7. The van der Waals surface area contributed by atoms with Gasteiger partial charge >= 0.3 is 0 Å². The van der Waals surface area contributed by atoms with E-state index in [-0.39, 0.29) is 5.19 Å². The molecule has 18 heavy (non-hydrogen) atoms. The van der Waals surface area contributed by atoms with Crippen LogP contribution in [-0.2, 0) is 0 Å². The standard InChI is InChI=1S/C14H15F2NSi/c1-18(2,3)14-11(15)8-7-10(13(14)16)12-6-4-5-9-17-12/h4-9H,1-3H3. The third kappa shape index (κ3) is 2.34. The highest BCUT2D eigenvalue weighted by Crippen LogP contribution is 2.22. The number of hydrogen-bond acceptors (Lipinski definition) is 1. The van der Waals surface area contributed by atoms with Crippen LogP contribution < -0.4 is 5.19 Å². The summed E-state index contributed by atoms with van der Waals surface area (Å²) in [7, 11) is -2.06.